The van der Waals surface area contributed by atoms with Crippen LogP contribution in [-0.2, 0) is 12.6 Å². The van der Waals surface area contributed by atoms with Crippen LogP contribution < -0.4 is 0 Å². The van der Waals surface area contributed by atoms with Gasteiger partial charge in [0.15, 0.2) is 0 Å². The fourth-order valence-corrected chi connectivity index (χ4v) is 3.93. The normalized spacial score (nSPS) is 11.8. The number of benzene rings is 4. The summed E-state index contributed by atoms with van der Waals surface area (Å²) in [5.74, 6) is -2.76. The smallest absolute Gasteiger partial charge is 0.206 e. The Morgan fingerprint density at radius 3 is 2.03 bits per heavy atom. The molecule has 0 saturated carbocycles. The molecular formula is C27H20F6. The molecule has 0 atom stereocenters. The first kappa shape index (κ1) is 22.9. The highest BCUT2D eigenvalue weighted by Crippen LogP contribution is 2.36. The third-order valence-electron chi connectivity index (χ3n) is 5.70. The molecule has 6 heteroatoms. The van der Waals surface area contributed by atoms with E-state index in [0.29, 0.717) is 17.5 Å². The molecule has 0 bridgehead atoms. The Balaban J connectivity index is 1.69. The highest BCUT2D eigenvalue weighted by Gasteiger charge is 2.34. The molecule has 4 aromatic carbocycles. The molecule has 0 spiro atoms. The number of aryl methyl sites for hydroxylation is 1. The summed E-state index contributed by atoms with van der Waals surface area (Å²) in [5.41, 5.74) is 0.0669. The Morgan fingerprint density at radius 2 is 1.36 bits per heavy atom. The number of halogens is 6. The minimum absolute atomic E-state index is 0.0388. The van der Waals surface area contributed by atoms with E-state index in [0.717, 1.165) is 42.3 Å². The molecule has 0 N–H and O–H groups in total. The number of rotatable bonds is 5. The zero-order chi connectivity index (χ0) is 23.8. The summed E-state index contributed by atoms with van der Waals surface area (Å²) in [4.78, 5) is 0. The Kier molecular flexibility index (Phi) is 6.19. The summed E-state index contributed by atoms with van der Waals surface area (Å²) < 4.78 is 82.3. The van der Waals surface area contributed by atoms with Gasteiger partial charge in [0.05, 0.1) is 5.56 Å². The fourth-order valence-electron chi connectivity index (χ4n) is 3.93. The Labute approximate surface area is 187 Å². The molecule has 0 aliphatic rings. The van der Waals surface area contributed by atoms with Crippen molar-refractivity contribution in [2.45, 2.75) is 32.4 Å². The molecule has 4 rings (SSSR count). The Hall–Kier alpha value is -3.28. The molecule has 4 aromatic rings. The quantitative estimate of drug-likeness (QED) is 0.262. The van der Waals surface area contributed by atoms with Crippen LogP contribution in [0.15, 0.2) is 66.7 Å². The molecule has 0 fully saturated rings. The first-order valence-electron chi connectivity index (χ1n) is 10.6. The summed E-state index contributed by atoms with van der Waals surface area (Å²) in [6.45, 7) is 2.10. The number of alkyl halides is 3. The summed E-state index contributed by atoms with van der Waals surface area (Å²) in [6.07, 6.45) is -1.82. The molecule has 0 saturated heterocycles. The van der Waals surface area contributed by atoms with Crippen molar-refractivity contribution in [2.24, 2.45) is 0 Å². The SMILES string of the molecule is CCCCc1ccc2c(F)c(-c3ccc(-c4ccc(C(F)(F)F)c(F)c4)c(F)c3)ccc2c1. The highest BCUT2D eigenvalue weighted by atomic mass is 19.4. The number of unbranched alkanes of at least 4 members (excludes halogenated alkanes) is 1. The molecular weight excluding hydrogens is 438 g/mol. The third kappa shape index (κ3) is 4.61. The molecule has 0 aliphatic heterocycles. The van der Waals surface area contributed by atoms with E-state index in [4.69, 9.17) is 0 Å². The van der Waals surface area contributed by atoms with Gasteiger partial charge in [0.1, 0.15) is 17.5 Å². The second-order valence-electron chi connectivity index (χ2n) is 7.97. The van der Waals surface area contributed by atoms with Crippen molar-refractivity contribution >= 4 is 10.8 Å². The summed E-state index contributed by atoms with van der Waals surface area (Å²) in [5, 5.41) is 1.17. The van der Waals surface area contributed by atoms with Crippen LogP contribution in [0.3, 0.4) is 0 Å². The maximum atomic E-state index is 15.2. The molecule has 0 aliphatic carbocycles. The van der Waals surface area contributed by atoms with E-state index in [-0.39, 0.29) is 22.3 Å². The van der Waals surface area contributed by atoms with Crippen molar-refractivity contribution in [2.75, 3.05) is 0 Å². The fraction of sp³-hybridized carbons (Fsp3) is 0.185. The Bertz CT molecular complexity index is 1320. The summed E-state index contributed by atoms with van der Waals surface area (Å²) >= 11 is 0. The summed E-state index contributed by atoms with van der Waals surface area (Å²) in [7, 11) is 0. The maximum absolute atomic E-state index is 15.2. The van der Waals surface area contributed by atoms with Gasteiger partial charge in [-0.25, -0.2) is 13.2 Å². The first-order chi connectivity index (χ1) is 15.7. The van der Waals surface area contributed by atoms with Gasteiger partial charge in [-0.05, 0) is 53.1 Å². The van der Waals surface area contributed by atoms with Crippen molar-refractivity contribution in [1.29, 1.82) is 0 Å². The lowest BCUT2D eigenvalue weighted by Gasteiger charge is -2.12. The van der Waals surface area contributed by atoms with E-state index in [9.17, 15) is 22.0 Å². The zero-order valence-corrected chi connectivity index (χ0v) is 17.7. The number of hydrogen-bond donors (Lipinski definition) is 0. The van der Waals surface area contributed by atoms with E-state index in [1.807, 2.05) is 12.1 Å². The Morgan fingerprint density at radius 1 is 0.697 bits per heavy atom. The molecule has 0 unspecified atom stereocenters. The van der Waals surface area contributed by atoms with Gasteiger partial charge in [-0.15, -0.1) is 0 Å². The number of fused-ring (bicyclic) bond motifs is 1. The zero-order valence-electron chi connectivity index (χ0n) is 17.7. The van der Waals surface area contributed by atoms with E-state index in [1.165, 1.54) is 12.1 Å². The van der Waals surface area contributed by atoms with Crippen LogP contribution in [-0.4, -0.2) is 0 Å². The molecule has 0 nitrogen and oxygen atoms in total. The first-order valence-corrected chi connectivity index (χ1v) is 10.6. The van der Waals surface area contributed by atoms with Gasteiger partial charge in [0, 0.05) is 16.5 Å². The molecule has 0 heterocycles. The average Bonchev–Trinajstić information content (AvgIpc) is 2.77. The lowest BCUT2D eigenvalue weighted by molar-refractivity contribution is -0.139. The molecule has 0 aromatic heterocycles. The van der Waals surface area contributed by atoms with Crippen LogP contribution >= 0.6 is 0 Å². The average molecular weight is 458 g/mol. The standard InChI is InChI=1S/C27H20F6/c1-2-3-4-16-5-9-21-17(13-16)7-11-22(26(21)30)19-6-10-20(24(28)14-19)18-8-12-23(25(29)15-18)27(31,32)33/h5-15H,2-4H2,1H3. The molecule has 0 radical (unpaired) electrons. The lowest BCUT2D eigenvalue weighted by Crippen LogP contribution is -2.07. The predicted octanol–water partition coefficient (Wildman–Crippen LogP) is 8.95. The van der Waals surface area contributed by atoms with Crippen LogP contribution in [0.1, 0.15) is 30.9 Å². The van der Waals surface area contributed by atoms with Crippen molar-refractivity contribution in [3.8, 4) is 22.3 Å². The van der Waals surface area contributed by atoms with Crippen LogP contribution in [0.25, 0.3) is 33.0 Å². The van der Waals surface area contributed by atoms with E-state index in [2.05, 4.69) is 6.92 Å². The van der Waals surface area contributed by atoms with E-state index in [1.54, 1.807) is 18.2 Å². The highest BCUT2D eigenvalue weighted by molar-refractivity contribution is 5.89. The number of hydrogen-bond acceptors (Lipinski definition) is 0. The van der Waals surface area contributed by atoms with Crippen molar-refractivity contribution in [3.05, 3.63) is 95.3 Å². The predicted molar refractivity (Wildman–Crippen MR) is 118 cm³/mol. The van der Waals surface area contributed by atoms with Gasteiger partial charge in [0.25, 0.3) is 0 Å². The summed E-state index contributed by atoms with van der Waals surface area (Å²) in [6, 6.07) is 15.0. The largest absolute Gasteiger partial charge is 0.419 e. The molecule has 0 amide bonds. The molecule has 33 heavy (non-hydrogen) atoms. The van der Waals surface area contributed by atoms with Crippen molar-refractivity contribution in [1.82, 2.24) is 0 Å². The van der Waals surface area contributed by atoms with Crippen LogP contribution in [0.4, 0.5) is 26.3 Å². The van der Waals surface area contributed by atoms with E-state index >= 15 is 4.39 Å². The van der Waals surface area contributed by atoms with Crippen molar-refractivity contribution < 1.29 is 26.3 Å². The monoisotopic (exact) mass is 458 g/mol. The minimum Gasteiger partial charge on any atom is -0.206 e. The third-order valence-corrected chi connectivity index (χ3v) is 5.70. The second kappa shape index (κ2) is 8.93. The van der Waals surface area contributed by atoms with Crippen LogP contribution in [0.5, 0.6) is 0 Å². The maximum Gasteiger partial charge on any atom is 0.419 e. The second-order valence-corrected chi connectivity index (χ2v) is 7.97. The van der Waals surface area contributed by atoms with Crippen LogP contribution in [0, 0.1) is 17.5 Å². The van der Waals surface area contributed by atoms with Gasteiger partial charge < -0.3 is 0 Å². The lowest BCUT2D eigenvalue weighted by atomic mass is 9.95. The van der Waals surface area contributed by atoms with Gasteiger partial charge in [-0.2, -0.15) is 13.2 Å². The van der Waals surface area contributed by atoms with Gasteiger partial charge in [0.2, 0.25) is 0 Å². The van der Waals surface area contributed by atoms with Gasteiger partial charge in [-0.3, -0.25) is 0 Å². The van der Waals surface area contributed by atoms with Gasteiger partial charge in [-0.1, -0.05) is 61.9 Å². The van der Waals surface area contributed by atoms with Crippen molar-refractivity contribution in [3.63, 3.8) is 0 Å². The van der Waals surface area contributed by atoms with Crippen LogP contribution in [0.2, 0.25) is 0 Å². The van der Waals surface area contributed by atoms with E-state index < -0.39 is 29.2 Å². The topological polar surface area (TPSA) is 0 Å². The van der Waals surface area contributed by atoms with Gasteiger partial charge >= 0.3 is 6.18 Å². The minimum atomic E-state index is -4.84. The molecule has 170 valence electrons.